The zero-order valence-electron chi connectivity index (χ0n) is 11.7. The fourth-order valence-electron chi connectivity index (χ4n) is 2.15. The van der Waals surface area contributed by atoms with E-state index in [1.54, 1.807) is 0 Å². The van der Waals surface area contributed by atoms with E-state index in [9.17, 15) is 4.79 Å². The van der Waals surface area contributed by atoms with Gasteiger partial charge in [-0.15, -0.1) is 0 Å². The van der Waals surface area contributed by atoms with E-state index < -0.39 is 0 Å². The monoisotopic (exact) mass is 253 g/mol. The fraction of sp³-hybridized carbons (Fsp3) is 0.235. The summed E-state index contributed by atoms with van der Waals surface area (Å²) in [6.07, 6.45) is 0.549. The second kappa shape index (κ2) is 5.70. The van der Waals surface area contributed by atoms with Gasteiger partial charge >= 0.3 is 0 Å². The molecule has 98 valence electrons. The molecule has 0 unspecified atom stereocenters. The van der Waals surface area contributed by atoms with Crippen LogP contribution in [0.15, 0.2) is 48.5 Å². The highest BCUT2D eigenvalue weighted by molar-refractivity contribution is 5.96. The van der Waals surface area contributed by atoms with Gasteiger partial charge in [-0.05, 0) is 11.6 Å². The molecule has 0 atom stereocenters. The normalized spacial score (nSPS) is 10.3. The van der Waals surface area contributed by atoms with Crippen molar-refractivity contribution in [1.29, 1.82) is 0 Å². The van der Waals surface area contributed by atoms with Gasteiger partial charge in [0, 0.05) is 37.3 Å². The molecule has 0 spiro atoms. The Balaban J connectivity index is 2.40. The lowest BCUT2D eigenvalue weighted by Gasteiger charge is -2.17. The molecule has 0 N–H and O–H groups in total. The summed E-state index contributed by atoms with van der Waals surface area (Å²) in [5.74, 6) is 0.187. The van der Waals surface area contributed by atoms with Crippen molar-refractivity contribution in [2.45, 2.75) is 13.3 Å². The summed E-state index contributed by atoms with van der Waals surface area (Å²) >= 11 is 0. The third-order valence-electron chi connectivity index (χ3n) is 3.22. The summed E-state index contributed by atoms with van der Waals surface area (Å²) < 4.78 is 0. The number of carbonyl (C=O) groups is 1. The van der Waals surface area contributed by atoms with Crippen LogP contribution >= 0.6 is 0 Å². The topological polar surface area (TPSA) is 20.3 Å². The average Bonchev–Trinajstić information content (AvgIpc) is 2.46. The first-order valence-corrected chi connectivity index (χ1v) is 6.53. The van der Waals surface area contributed by atoms with Crippen molar-refractivity contribution in [3.05, 3.63) is 54.1 Å². The third-order valence-corrected chi connectivity index (χ3v) is 3.22. The van der Waals surface area contributed by atoms with Crippen LogP contribution in [0.1, 0.15) is 23.7 Å². The van der Waals surface area contributed by atoms with Crippen LogP contribution in [0.25, 0.3) is 11.1 Å². The second-order valence-corrected chi connectivity index (χ2v) is 4.77. The van der Waals surface area contributed by atoms with Crippen molar-refractivity contribution < 1.29 is 4.79 Å². The van der Waals surface area contributed by atoms with Crippen LogP contribution in [0.2, 0.25) is 0 Å². The maximum Gasteiger partial charge on any atom is 0.162 e. The lowest BCUT2D eigenvalue weighted by molar-refractivity contribution is 0.0988. The highest BCUT2D eigenvalue weighted by Gasteiger charge is 2.07. The number of hydrogen-bond acceptors (Lipinski definition) is 2. The molecule has 2 nitrogen and oxygen atoms in total. The minimum Gasteiger partial charge on any atom is -0.377 e. The number of carbonyl (C=O) groups excluding carboxylic acids is 1. The van der Waals surface area contributed by atoms with Crippen LogP contribution < -0.4 is 4.90 Å². The van der Waals surface area contributed by atoms with Crippen molar-refractivity contribution >= 4 is 11.5 Å². The molecule has 0 fully saturated rings. The maximum atomic E-state index is 11.6. The molecule has 0 aliphatic heterocycles. The van der Waals surface area contributed by atoms with Crippen molar-refractivity contribution in [3.8, 4) is 11.1 Å². The molecule has 0 bridgehead atoms. The van der Waals surface area contributed by atoms with Crippen molar-refractivity contribution in [3.63, 3.8) is 0 Å². The summed E-state index contributed by atoms with van der Waals surface area (Å²) in [4.78, 5) is 13.7. The zero-order valence-corrected chi connectivity index (χ0v) is 11.7. The van der Waals surface area contributed by atoms with Crippen molar-refractivity contribution in [2.24, 2.45) is 0 Å². The molecule has 0 aliphatic rings. The Morgan fingerprint density at radius 1 is 1.00 bits per heavy atom. The number of rotatable bonds is 4. The Labute approximate surface area is 114 Å². The largest absolute Gasteiger partial charge is 0.377 e. The summed E-state index contributed by atoms with van der Waals surface area (Å²) in [6, 6.07) is 16.1. The second-order valence-electron chi connectivity index (χ2n) is 4.77. The Kier molecular flexibility index (Phi) is 4.00. The van der Waals surface area contributed by atoms with E-state index in [4.69, 9.17) is 0 Å². The molecular weight excluding hydrogens is 234 g/mol. The number of hydrogen-bond donors (Lipinski definition) is 0. The van der Waals surface area contributed by atoms with Gasteiger partial charge in [-0.2, -0.15) is 0 Å². The maximum absolute atomic E-state index is 11.6. The molecule has 0 heterocycles. The van der Waals surface area contributed by atoms with E-state index in [1.807, 2.05) is 57.4 Å². The van der Waals surface area contributed by atoms with Gasteiger partial charge in [-0.3, -0.25) is 4.79 Å². The average molecular weight is 253 g/mol. The molecule has 19 heavy (non-hydrogen) atoms. The summed E-state index contributed by atoms with van der Waals surface area (Å²) in [5, 5.41) is 0. The first kappa shape index (κ1) is 13.3. The summed E-state index contributed by atoms with van der Waals surface area (Å²) in [5.41, 5.74) is 4.28. The van der Waals surface area contributed by atoms with Gasteiger partial charge in [0.1, 0.15) is 0 Å². The molecule has 0 saturated carbocycles. The molecule has 0 amide bonds. The van der Waals surface area contributed by atoms with E-state index in [1.165, 1.54) is 11.3 Å². The van der Waals surface area contributed by atoms with Gasteiger partial charge in [0.2, 0.25) is 0 Å². The molecule has 0 aliphatic carbocycles. The van der Waals surface area contributed by atoms with Gasteiger partial charge in [0.15, 0.2) is 5.78 Å². The van der Waals surface area contributed by atoms with Crippen molar-refractivity contribution in [2.75, 3.05) is 19.0 Å². The molecule has 2 heteroatoms. The number of benzene rings is 2. The van der Waals surface area contributed by atoms with Crippen LogP contribution in [0.3, 0.4) is 0 Å². The van der Waals surface area contributed by atoms with E-state index in [0.717, 1.165) is 11.1 Å². The minimum atomic E-state index is 0.187. The van der Waals surface area contributed by atoms with Crippen LogP contribution in [-0.4, -0.2) is 19.9 Å². The number of anilines is 1. The number of para-hydroxylation sites is 1. The van der Waals surface area contributed by atoms with Crippen LogP contribution in [0.5, 0.6) is 0 Å². The Morgan fingerprint density at radius 3 is 2.21 bits per heavy atom. The zero-order chi connectivity index (χ0) is 13.8. The van der Waals surface area contributed by atoms with E-state index in [-0.39, 0.29) is 5.78 Å². The van der Waals surface area contributed by atoms with E-state index >= 15 is 0 Å². The standard InChI is InChI=1S/C17H19NO/c1-4-17(19)14-11-9-13(10-12-14)15-7-5-6-8-16(15)18(2)3/h5-12H,4H2,1-3H3. The number of ketones is 1. The Hall–Kier alpha value is -2.09. The predicted molar refractivity (Wildman–Crippen MR) is 80.8 cm³/mol. The minimum absolute atomic E-state index is 0.187. The third kappa shape index (κ3) is 2.84. The Morgan fingerprint density at radius 2 is 1.63 bits per heavy atom. The molecule has 2 aromatic rings. The lowest BCUT2D eigenvalue weighted by Crippen LogP contribution is -2.09. The highest BCUT2D eigenvalue weighted by Crippen LogP contribution is 2.29. The predicted octanol–water partition coefficient (Wildman–Crippen LogP) is 4.01. The van der Waals surface area contributed by atoms with E-state index in [0.29, 0.717) is 6.42 Å². The molecule has 2 aromatic carbocycles. The summed E-state index contributed by atoms with van der Waals surface area (Å²) in [7, 11) is 4.07. The SMILES string of the molecule is CCC(=O)c1ccc(-c2ccccc2N(C)C)cc1. The molecular formula is C17H19NO. The molecule has 0 saturated heterocycles. The quantitative estimate of drug-likeness (QED) is 0.767. The summed E-state index contributed by atoms with van der Waals surface area (Å²) in [6.45, 7) is 1.89. The van der Waals surface area contributed by atoms with Crippen LogP contribution in [0.4, 0.5) is 5.69 Å². The van der Waals surface area contributed by atoms with Gasteiger partial charge in [-0.1, -0.05) is 49.4 Å². The van der Waals surface area contributed by atoms with Crippen LogP contribution in [0, 0.1) is 0 Å². The first-order chi connectivity index (χ1) is 9.13. The molecule has 0 radical (unpaired) electrons. The highest BCUT2D eigenvalue weighted by atomic mass is 16.1. The smallest absolute Gasteiger partial charge is 0.162 e. The lowest BCUT2D eigenvalue weighted by atomic mass is 10.00. The van der Waals surface area contributed by atoms with Gasteiger partial charge in [0.25, 0.3) is 0 Å². The number of Topliss-reactive ketones (excluding diaryl/α,β-unsaturated/α-hetero) is 1. The van der Waals surface area contributed by atoms with Crippen molar-refractivity contribution in [1.82, 2.24) is 0 Å². The first-order valence-electron chi connectivity index (χ1n) is 6.53. The van der Waals surface area contributed by atoms with Gasteiger partial charge in [-0.25, -0.2) is 0 Å². The Bertz CT molecular complexity index is 570. The van der Waals surface area contributed by atoms with E-state index in [2.05, 4.69) is 17.0 Å². The molecule has 0 aromatic heterocycles. The fourth-order valence-corrected chi connectivity index (χ4v) is 2.15. The molecule has 2 rings (SSSR count). The van der Waals surface area contributed by atoms with Gasteiger partial charge < -0.3 is 4.90 Å². The van der Waals surface area contributed by atoms with Crippen LogP contribution in [-0.2, 0) is 0 Å². The van der Waals surface area contributed by atoms with Gasteiger partial charge in [0.05, 0.1) is 0 Å². The number of nitrogens with zero attached hydrogens (tertiary/aromatic N) is 1.